The Morgan fingerprint density at radius 2 is 1.56 bits per heavy atom. The van der Waals surface area contributed by atoms with Crippen molar-refractivity contribution in [3.63, 3.8) is 0 Å². The number of amides is 2. The third-order valence-corrected chi connectivity index (χ3v) is 2.26. The first kappa shape index (κ1) is 14.9. The van der Waals surface area contributed by atoms with Gasteiger partial charge in [-0.05, 0) is 26.8 Å². The maximum Gasteiger partial charge on any atom is 0.242 e. The lowest BCUT2D eigenvalue weighted by molar-refractivity contribution is -0.129. The fourth-order valence-corrected chi connectivity index (χ4v) is 0.993. The highest BCUT2D eigenvalue weighted by molar-refractivity contribution is 5.89. The van der Waals surface area contributed by atoms with Gasteiger partial charge in [-0.3, -0.25) is 9.59 Å². The van der Waals surface area contributed by atoms with E-state index < -0.39 is 6.04 Å². The van der Waals surface area contributed by atoms with Crippen LogP contribution in [0.15, 0.2) is 0 Å². The third kappa shape index (κ3) is 5.70. The lowest BCUT2D eigenvalue weighted by Crippen LogP contribution is -2.50. The summed E-state index contributed by atoms with van der Waals surface area (Å²) in [6.45, 7) is 8.09. The van der Waals surface area contributed by atoms with Gasteiger partial charge in [0.1, 0.15) is 6.04 Å². The van der Waals surface area contributed by atoms with Crippen LogP contribution < -0.4 is 16.0 Å². The van der Waals surface area contributed by atoms with Crippen LogP contribution in [-0.2, 0) is 9.59 Å². The molecular weight excluding hydrogens is 206 g/mol. The summed E-state index contributed by atoms with van der Waals surface area (Å²) in [5, 5.41) is 8.23. The summed E-state index contributed by atoms with van der Waals surface area (Å²) >= 11 is 0. The van der Waals surface area contributed by atoms with Crippen LogP contribution in [0.2, 0.25) is 0 Å². The SMILES string of the molecule is CNC(C)C(=O)NC(C)C(=O)NCC(C)C. The first-order chi connectivity index (χ1) is 7.38. The summed E-state index contributed by atoms with van der Waals surface area (Å²) in [6.07, 6.45) is 0. The van der Waals surface area contributed by atoms with Crippen LogP contribution in [0.5, 0.6) is 0 Å². The van der Waals surface area contributed by atoms with E-state index in [1.165, 1.54) is 0 Å². The van der Waals surface area contributed by atoms with Crippen LogP contribution in [-0.4, -0.2) is 37.5 Å². The summed E-state index contributed by atoms with van der Waals surface area (Å²) in [5.74, 6) is 0.0862. The number of nitrogens with one attached hydrogen (secondary N) is 3. The van der Waals surface area contributed by atoms with Gasteiger partial charge in [0.05, 0.1) is 6.04 Å². The van der Waals surface area contributed by atoms with Gasteiger partial charge in [0.2, 0.25) is 11.8 Å². The molecule has 5 nitrogen and oxygen atoms in total. The zero-order valence-electron chi connectivity index (χ0n) is 10.8. The summed E-state index contributed by atoms with van der Waals surface area (Å²) in [4.78, 5) is 23.0. The number of carbonyl (C=O) groups excluding carboxylic acids is 2. The molecule has 5 heteroatoms. The van der Waals surface area contributed by atoms with E-state index in [-0.39, 0.29) is 17.9 Å². The van der Waals surface area contributed by atoms with Gasteiger partial charge in [0.15, 0.2) is 0 Å². The van der Waals surface area contributed by atoms with E-state index >= 15 is 0 Å². The molecule has 0 fully saturated rings. The van der Waals surface area contributed by atoms with Crippen molar-refractivity contribution in [1.29, 1.82) is 0 Å². The Balaban J connectivity index is 4.00. The standard InChI is InChI=1S/C11H23N3O2/c1-7(2)6-13-10(15)9(4)14-11(16)8(3)12-5/h7-9,12H,6H2,1-5H3,(H,13,15)(H,14,16). The fraction of sp³-hybridized carbons (Fsp3) is 0.818. The van der Waals surface area contributed by atoms with E-state index in [0.29, 0.717) is 12.5 Å². The summed E-state index contributed by atoms with van der Waals surface area (Å²) < 4.78 is 0. The largest absolute Gasteiger partial charge is 0.354 e. The highest BCUT2D eigenvalue weighted by Crippen LogP contribution is 1.90. The summed E-state index contributed by atoms with van der Waals surface area (Å²) in [7, 11) is 1.70. The van der Waals surface area contributed by atoms with Gasteiger partial charge < -0.3 is 16.0 Å². The van der Waals surface area contributed by atoms with E-state index in [0.717, 1.165) is 0 Å². The molecule has 0 radical (unpaired) electrons. The lowest BCUT2D eigenvalue weighted by atomic mass is 10.2. The van der Waals surface area contributed by atoms with Gasteiger partial charge in [-0.2, -0.15) is 0 Å². The molecule has 0 bridgehead atoms. The smallest absolute Gasteiger partial charge is 0.242 e. The Morgan fingerprint density at radius 3 is 2.00 bits per heavy atom. The Bertz CT molecular complexity index is 241. The second-order valence-electron chi connectivity index (χ2n) is 4.38. The summed E-state index contributed by atoms with van der Waals surface area (Å²) in [5.41, 5.74) is 0. The molecule has 0 spiro atoms. The van der Waals surface area contributed by atoms with Crippen LogP contribution in [0.4, 0.5) is 0 Å². The zero-order chi connectivity index (χ0) is 12.7. The highest BCUT2D eigenvalue weighted by Gasteiger charge is 2.18. The van der Waals surface area contributed by atoms with Gasteiger partial charge in [-0.1, -0.05) is 13.8 Å². The summed E-state index contributed by atoms with van der Waals surface area (Å²) in [6, 6.07) is -0.789. The normalized spacial score (nSPS) is 14.4. The molecule has 3 N–H and O–H groups in total. The number of rotatable bonds is 6. The van der Waals surface area contributed by atoms with Gasteiger partial charge in [0.25, 0.3) is 0 Å². The van der Waals surface area contributed by atoms with Gasteiger partial charge in [-0.25, -0.2) is 0 Å². The molecule has 16 heavy (non-hydrogen) atoms. The number of carbonyl (C=O) groups is 2. The molecular formula is C11H23N3O2. The number of hydrogen-bond acceptors (Lipinski definition) is 3. The van der Waals surface area contributed by atoms with E-state index in [1.54, 1.807) is 20.9 Å². The monoisotopic (exact) mass is 229 g/mol. The van der Waals surface area contributed by atoms with Crippen molar-refractivity contribution in [2.45, 2.75) is 39.8 Å². The second-order valence-corrected chi connectivity index (χ2v) is 4.38. The minimum Gasteiger partial charge on any atom is -0.354 e. The van der Waals surface area contributed by atoms with Crippen molar-refractivity contribution >= 4 is 11.8 Å². The molecule has 2 amide bonds. The zero-order valence-corrected chi connectivity index (χ0v) is 10.8. The van der Waals surface area contributed by atoms with Crippen LogP contribution in [0.25, 0.3) is 0 Å². The molecule has 0 aromatic heterocycles. The molecule has 2 unspecified atom stereocenters. The predicted molar refractivity (Wildman–Crippen MR) is 64.0 cm³/mol. The molecule has 0 saturated heterocycles. The molecule has 94 valence electrons. The molecule has 0 aliphatic carbocycles. The molecule has 0 heterocycles. The van der Waals surface area contributed by atoms with Crippen LogP contribution in [0.3, 0.4) is 0 Å². The van der Waals surface area contributed by atoms with Gasteiger partial charge in [0, 0.05) is 6.54 Å². The Labute approximate surface area is 97.4 Å². The average Bonchev–Trinajstić information content (AvgIpc) is 2.24. The Morgan fingerprint density at radius 1 is 1.00 bits per heavy atom. The maximum atomic E-state index is 11.5. The first-order valence-corrected chi connectivity index (χ1v) is 5.63. The van der Waals surface area contributed by atoms with E-state index in [4.69, 9.17) is 0 Å². The molecule has 0 aromatic carbocycles. The van der Waals surface area contributed by atoms with Crippen molar-refractivity contribution < 1.29 is 9.59 Å². The van der Waals surface area contributed by atoms with Crippen molar-refractivity contribution in [2.75, 3.05) is 13.6 Å². The van der Waals surface area contributed by atoms with Gasteiger partial charge >= 0.3 is 0 Å². The van der Waals surface area contributed by atoms with Crippen LogP contribution in [0, 0.1) is 5.92 Å². The lowest BCUT2D eigenvalue weighted by Gasteiger charge is -2.17. The van der Waals surface area contributed by atoms with Crippen molar-refractivity contribution in [3.8, 4) is 0 Å². The molecule has 2 atom stereocenters. The van der Waals surface area contributed by atoms with Crippen LogP contribution in [0.1, 0.15) is 27.7 Å². The maximum absolute atomic E-state index is 11.5. The highest BCUT2D eigenvalue weighted by atomic mass is 16.2. The average molecular weight is 229 g/mol. The quantitative estimate of drug-likeness (QED) is 0.594. The van der Waals surface area contributed by atoms with E-state index in [9.17, 15) is 9.59 Å². The van der Waals surface area contributed by atoms with E-state index in [2.05, 4.69) is 16.0 Å². The van der Waals surface area contributed by atoms with Crippen molar-refractivity contribution in [3.05, 3.63) is 0 Å². The minimum atomic E-state index is -0.498. The molecule has 0 rings (SSSR count). The Kier molecular flexibility index (Phi) is 6.72. The Hall–Kier alpha value is -1.10. The predicted octanol–water partition coefficient (Wildman–Crippen LogP) is -0.129. The fourth-order valence-electron chi connectivity index (χ4n) is 0.993. The molecule has 0 aliphatic heterocycles. The van der Waals surface area contributed by atoms with Crippen molar-refractivity contribution in [1.82, 2.24) is 16.0 Å². The number of hydrogen-bond donors (Lipinski definition) is 3. The van der Waals surface area contributed by atoms with E-state index in [1.807, 2.05) is 13.8 Å². The van der Waals surface area contributed by atoms with Gasteiger partial charge in [-0.15, -0.1) is 0 Å². The first-order valence-electron chi connectivity index (χ1n) is 5.63. The molecule has 0 aliphatic rings. The molecule has 0 aromatic rings. The van der Waals surface area contributed by atoms with Crippen molar-refractivity contribution in [2.24, 2.45) is 5.92 Å². The minimum absolute atomic E-state index is 0.148. The molecule has 0 saturated carbocycles. The number of likely N-dealkylation sites (N-methyl/N-ethyl adjacent to an activating group) is 1. The van der Waals surface area contributed by atoms with Crippen LogP contribution >= 0.6 is 0 Å². The second kappa shape index (κ2) is 7.22. The topological polar surface area (TPSA) is 70.2 Å². The third-order valence-electron chi connectivity index (χ3n) is 2.26.